The molecule has 0 spiro atoms. The molecule has 9 nitrogen and oxygen atoms in total. The molecule has 0 radical (unpaired) electrons. The first-order valence-electron chi connectivity index (χ1n) is 11.6. The Kier molecular flexibility index (Phi) is 7.07. The Morgan fingerprint density at radius 3 is 2.29 bits per heavy atom. The van der Waals surface area contributed by atoms with Gasteiger partial charge in [-0.2, -0.15) is 5.10 Å². The van der Waals surface area contributed by atoms with E-state index in [4.69, 9.17) is 4.74 Å². The van der Waals surface area contributed by atoms with Crippen LogP contribution in [-0.4, -0.2) is 33.7 Å². The quantitative estimate of drug-likeness (QED) is 0.392. The van der Waals surface area contributed by atoms with Crippen molar-refractivity contribution in [3.05, 3.63) is 97.6 Å². The van der Waals surface area contributed by atoms with Gasteiger partial charge in [0.05, 0.1) is 12.7 Å². The van der Waals surface area contributed by atoms with E-state index in [2.05, 4.69) is 10.4 Å². The van der Waals surface area contributed by atoms with E-state index < -0.39 is 28.7 Å². The minimum Gasteiger partial charge on any atom is -0.496 e. The lowest BCUT2D eigenvalue weighted by Crippen LogP contribution is -2.43. The number of ether oxygens (including phenoxy) is 1. The molecule has 0 aliphatic heterocycles. The van der Waals surface area contributed by atoms with E-state index in [0.717, 1.165) is 37.1 Å². The number of anilines is 1. The predicted molar refractivity (Wildman–Crippen MR) is 141 cm³/mol. The summed E-state index contributed by atoms with van der Waals surface area (Å²) in [6.45, 7) is 3.72. The summed E-state index contributed by atoms with van der Waals surface area (Å²) in [7, 11) is 4.01. The van der Waals surface area contributed by atoms with Gasteiger partial charge in [0.25, 0.3) is 11.5 Å². The Hall–Kier alpha value is -4.86. The summed E-state index contributed by atoms with van der Waals surface area (Å²) in [6.07, 6.45) is 0.421. The van der Waals surface area contributed by atoms with Crippen molar-refractivity contribution in [2.24, 2.45) is 14.1 Å². The number of hydrogen-bond donors (Lipinski definition) is 1. The van der Waals surface area contributed by atoms with Gasteiger partial charge in [0.2, 0.25) is 5.69 Å². The van der Waals surface area contributed by atoms with Gasteiger partial charge in [-0.15, -0.1) is 0 Å². The third-order valence-corrected chi connectivity index (χ3v) is 6.48. The number of carbonyl (C=O) groups excluding carboxylic acids is 2. The van der Waals surface area contributed by atoms with Crippen LogP contribution in [0.25, 0.3) is 22.3 Å². The summed E-state index contributed by atoms with van der Waals surface area (Å²) in [5.74, 6) is -1.29. The Bertz CT molecular complexity index is 1720. The van der Waals surface area contributed by atoms with Crippen LogP contribution in [0, 0.1) is 19.7 Å². The lowest BCUT2D eigenvalue weighted by molar-refractivity contribution is 0.101. The molecule has 0 aliphatic carbocycles. The maximum atomic E-state index is 14.6. The smallest absolute Gasteiger partial charge is 0.346 e. The lowest BCUT2D eigenvalue weighted by atomic mass is 9.90. The van der Waals surface area contributed by atoms with Gasteiger partial charge in [0.1, 0.15) is 11.6 Å². The molecule has 0 aliphatic rings. The first kappa shape index (κ1) is 26.2. The first-order chi connectivity index (χ1) is 18.1. The number of nitrogens with zero attached hydrogens (tertiary/aromatic N) is 3. The Labute approximate surface area is 217 Å². The number of methoxy groups -OCH3 is 1. The second-order valence-electron chi connectivity index (χ2n) is 8.72. The van der Waals surface area contributed by atoms with E-state index >= 15 is 0 Å². The highest BCUT2D eigenvalue weighted by atomic mass is 19.1. The van der Waals surface area contributed by atoms with Gasteiger partial charge in [-0.05, 0) is 65.4 Å². The van der Waals surface area contributed by atoms with Gasteiger partial charge < -0.3 is 10.1 Å². The fourth-order valence-electron chi connectivity index (χ4n) is 4.36. The number of benzene rings is 3. The van der Waals surface area contributed by atoms with Gasteiger partial charge in [-0.1, -0.05) is 30.3 Å². The molecule has 0 saturated heterocycles. The minimum absolute atomic E-state index is 0.138. The second-order valence-corrected chi connectivity index (χ2v) is 8.72. The average molecular weight is 517 g/mol. The van der Waals surface area contributed by atoms with E-state index in [1.165, 1.54) is 27.3 Å². The number of amides is 1. The zero-order valence-corrected chi connectivity index (χ0v) is 21.5. The van der Waals surface area contributed by atoms with Crippen LogP contribution in [0.1, 0.15) is 32.0 Å². The molecule has 0 atom stereocenters. The van der Waals surface area contributed by atoms with Crippen LogP contribution in [0.4, 0.5) is 10.1 Å². The molecule has 4 rings (SSSR count). The van der Waals surface area contributed by atoms with E-state index in [1.54, 1.807) is 18.2 Å². The molecule has 0 saturated carbocycles. The molecule has 0 fully saturated rings. The number of nitrogens with one attached hydrogen (secondary N) is 1. The number of carbonyl (C=O) groups is 2. The maximum Gasteiger partial charge on any atom is 0.346 e. The van der Waals surface area contributed by atoms with Gasteiger partial charge >= 0.3 is 5.69 Å². The third kappa shape index (κ3) is 4.52. The number of aldehydes is 1. The monoisotopic (exact) mass is 516 g/mol. The van der Waals surface area contributed by atoms with E-state index in [9.17, 15) is 23.6 Å². The fourth-order valence-corrected chi connectivity index (χ4v) is 4.36. The molecule has 10 heteroatoms. The Morgan fingerprint density at radius 2 is 1.63 bits per heavy atom. The summed E-state index contributed by atoms with van der Waals surface area (Å²) in [4.78, 5) is 48.6. The van der Waals surface area contributed by atoms with E-state index in [0.29, 0.717) is 17.5 Å². The zero-order valence-electron chi connectivity index (χ0n) is 21.5. The summed E-state index contributed by atoms with van der Waals surface area (Å²) in [5, 5.41) is 6.55. The second kappa shape index (κ2) is 10.3. The number of rotatable bonds is 6. The average Bonchev–Trinajstić information content (AvgIpc) is 2.90. The molecule has 4 aromatic rings. The van der Waals surface area contributed by atoms with E-state index in [1.807, 2.05) is 38.1 Å². The molecule has 0 unspecified atom stereocenters. The normalized spacial score (nSPS) is 10.8. The Balaban J connectivity index is 1.76. The molecule has 1 heterocycles. The van der Waals surface area contributed by atoms with Crippen molar-refractivity contribution < 1.29 is 18.7 Å². The van der Waals surface area contributed by atoms with Gasteiger partial charge in [-0.3, -0.25) is 19.0 Å². The summed E-state index contributed by atoms with van der Waals surface area (Å²) >= 11 is 0. The largest absolute Gasteiger partial charge is 0.496 e. The summed E-state index contributed by atoms with van der Waals surface area (Å²) in [6, 6.07) is 13.8. The van der Waals surface area contributed by atoms with Crippen LogP contribution in [0.5, 0.6) is 5.75 Å². The highest BCUT2D eigenvalue weighted by molar-refractivity contribution is 6.03. The van der Waals surface area contributed by atoms with Crippen molar-refractivity contribution in [3.8, 4) is 28.0 Å². The maximum absolute atomic E-state index is 14.6. The van der Waals surface area contributed by atoms with Crippen LogP contribution < -0.4 is 21.3 Å². The van der Waals surface area contributed by atoms with Crippen molar-refractivity contribution in [2.75, 3.05) is 12.4 Å². The third-order valence-electron chi connectivity index (χ3n) is 6.48. The number of hydrogen-bond acceptors (Lipinski definition) is 6. The topological polar surface area (TPSA) is 112 Å². The van der Waals surface area contributed by atoms with Crippen LogP contribution in [0.15, 0.2) is 58.1 Å². The minimum atomic E-state index is -0.800. The van der Waals surface area contributed by atoms with Crippen molar-refractivity contribution in [1.82, 2.24) is 14.3 Å². The standard InChI is InChI=1S/C28H25FN4O5/c1-15-18(17-12-22(29)21(14-34)24(13-17)38-5)8-6-9-19(15)20-10-7-11-23(16(20)2)30-26(35)25-27(36)32(3)28(37)33(4)31-25/h6-14H,1-5H3,(H,30,35). The molecule has 0 bridgehead atoms. The molecule has 3 aromatic carbocycles. The molecule has 38 heavy (non-hydrogen) atoms. The van der Waals surface area contributed by atoms with Crippen molar-refractivity contribution in [3.63, 3.8) is 0 Å². The number of aryl methyl sites for hydroxylation is 1. The van der Waals surface area contributed by atoms with Crippen LogP contribution in [-0.2, 0) is 14.1 Å². The molecule has 194 valence electrons. The fraction of sp³-hybridized carbons (Fsp3) is 0.179. The molecule has 1 aromatic heterocycles. The summed E-state index contributed by atoms with van der Waals surface area (Å²) < 4.78 is 21.6. The van der Waals surface area contributed by atoms with Gasteiger partial charge in [0.15, 0.2) is 6.29 Å². The van der Waals surface area contributed by atoms with Crippen LogP contribution >= 0.6 is 0 Å². The van der Waals surface area contributed by atoms with Gasteiger partial charge in [-0.25, -0.2) is 13.9 Å². The Morgan fingerprint density at radius 1 is 1.00 bits per heavy atom. The molecular formula is C28H25FN4O5. The van der Waals surface area contributed by atoms with Crippen LogP contribution in [0.2, 0.25) is 0 Å². The molecule has 1 amide bonds. The van der Waals surface area contributed by atoms with Crippen molar-refractivity contribution in [1.29, 1.82) is 0 Å². The zero-order chi connectivity index (χ0) is 27.7. The SMILES string of the molecule is COc1cc(-c2cccc(-c3cccc(NC(=O)c4nn(C)c(=O)n(C)c4=O)c3C)c2C)cc(F)c1C=O. The summed E-state index contributed by atoms with van der Waals surface area (Å²) in [5.41, 5.74) is 2.95. The number of halogens is 1. The van der Waals surface area contributed by atoms with Crippen LogP contribution in [0.3, 0.4) is 0 Å². The highest BCUT2D eigenvalue weighted by Gasteiger charge is 2.20. The highest BCUT2D eigenvalue weighted by Crippen LogP contribution is 2.37. The van der Waals surface area contributed by atoms with Crippen molar-refractivity contribution in [2.45, 2.75) is 13.8 Å². The lowest BCUT2D eigenvalue weighted by Gasteiger charge is -2.17. The molecular weight excluding hydrogens is 491 g/mol. The first-order valence-corrected chi connectivity index (χ1v) is 11.6. The van der Waals surface area contributed by atoms with Gasteiger partial charge in [0, 0.05) is 19.8 Å². The van der Waals surface area contributed by atoms with E-state index in [-0.39, 0.29) is 11.3 Å². The predicted octanol–water partition coefficient (Wildman–Crippen LogP) is 3.64. The van der Waals surface area contributed by atoms with Crippen molar-refractivity contribution >= 4 is 17.9 Å². The molecule has 1 N–H and O–H groups in total. The number of aromatic nitrogens is 3.